The molecule has 9 aromatic carbocycles. The van der Waals surface area contributed by atoms with Gasteiger partial charge in [-0.1, -0.05) is 164 Å². The number of benzene rings is 9. The number of fused-ring (bicyclic) bond motifs is 6. The fourth-order valence-corrected chi connectivity index (χ4v) is 12.7. The summed E-state index contributed by atoms with van der Waals surface area (Å²) in [5.41, 5.74) is 30.7. The van der Waals surface area contributed by atoms with Gasteiger partial charge in [0.2, 0.25) is 0 Å². The van der Waals surface area contributed by atoms with Gasteiger partial charge in [-0.3, -0.25) is 0 Å². The van der Waals surface area contributed by atoms with E-state index in [0.29, 0.717) is 29.4 Å². The van der Waals surface area contributed by atoms with E-state index in [0.717, 1.165) is 78.7 Å². The van der Waals surface area contributed by atoms with Crippen LogP contribution in [0.4, 0.5) is 11.6 Å². The molecule has 5 N–H and O–H groups in total. The molecule has 0 saturated carbocycles. The Kier molecular flexibility index (Phi) is 17.9. The first-order chi connectivity index (χ1) is 41.0. The number of nitrogen functional groups attached to an aromatic ring is 2. The van der Waals surface area contributed by atoms with Crippen molar-refractivity contribution in [1.82, 2.24) is 45.3 Å². The standard InChI is InChI=1S/C25H23N3.2C24H22N4.Na.H2O/c1-17-7-12-25(27-26-17)21-10-11-23-22(14-21)15-28(2)16-24(23)20-9-8-18-5-3-4-6-19(18)13-20;2*1-28-14-20-13-19(23-10-11-24(25)27-26-23)8-9-21(20)22(15-28)18-7-6-16-4-2-3-5-17(16)12-18;;/h3-14,24H,15-16H2,1-2H3;2*2-13,22H,14-15H2,1H3,(H2,25,27);;1H2/q;;;+1;/p-1/t24-;2*22-;;/m000../s1. The monoisotopic (exact) mass is 1140 g/mol. The maximum Gasteiger partial charge on any atom is 1.00 e. The van der Waals surface area contributed by atoms with Crippen molar-refractivity contribution in [3.8, 4) is 33.8 Å². The van der Waals surface area contributed by atoms with Gasteiger partial charge < -0.3 is 31.6 Å². The third kappa shape index (κ3) is 12.8. The Bertz CT molecular complexity index is 3910. The summed E-state index contributed by atoms with van der Waals surface area (Å²) in [4.78, 5) is 7.19. The van der Waals surface area contributed by atoms with E-state index in [2.05, 4.69) is 254 Å². The quantitative estimate of drug-likeness (QED) is 0.151. The zero-order valence-electron chi connectivity index (χ0n) is 49.4. The molecule has 0 unspecified atom stereocenters. The summed E-state index contributed by atoms with van der Waals surface area (Å²) in [5, 5.41) is 32.8. The Hall–Kier alpha value is -8.56. The molecular formula is C73H68N11NaO. The molecule has 0 fully saturated rings. The molecule has 0 bridgehead atoms. The molecule has 3 aliphatic heterocycles. The number of aryl methyl sites for hydroxylation is 1. The van der Waals surface area contributed by atoms with Crippen LogP contribution >= 0.6 is 0 Å². The first-order valence-electron chi connectivity index (χ1n) is 28.9. The average molecular weight is 1140 g/mol. The predicted octanol–water partition coefficient (Wildman–Crippen LogP) is 10.9. The summed E-state index contributed by atoms with van der Waals surface area (Å²) in [6.07, 6.45) is 0. The summed E-state index contributed by atoms with van der Waals surface area (Å²) < 4.78 is 0. The molecule has 0 amide bonds. The van der Waals surface area contributed by atoms with E-state index in [4.69, 9.17) is 11.5 Å². The smallest absolute Gasteiger partial charge is 0.870 e. The van der Waals surface area contributed by atoms with Crippen molar-refractivity contribution < 1.29 is 35.0 Å². The average Bonchev–Trinajstić information content (AvgIpc) is 2.93. The minimum absolute atomic E-state index is 0. The maximum absolute atomic E-state index is 5.68. The number of nitrogens with zero attached hydrogens (tertiary/aromatic N) is 9. The number of aromatic nitrogens is 6. The number of hydrogen-bond donors (Lipinski definition) is 2. The second-order valence-corrected chi connectivity index (χ2v) is 23.1. The predicted molar refractivity (Wildman–Crippen MR) is 344 cm³/mol. The van der Waals surface area contributed by atoms with Gasteiger partial charge in [-0.2, -0.15) is 10.2 Å². The summed E-state index contributed by atoms with van der Waals surface area (Å²) in [6.45, 7) is 7.89. The molecule has 13 heteroatoms. The van der Waals surface area contributed by atoms with Crippen molar-refractivity contribution in [2.24, 2.45) is 0 Å². The van der Waals surface area contributed by atoms with Gasteiger partial charge in [0.15, 0.2) is 0 Å². The number of anilines is 2. The van der Waals surface area contributed by atoms with Crippen LogP contribution in [-0.4, -0.2) is 91.5 Å². The second-order valence-electron chi connectivity index (χ2n) is 23.1. The van der Waals surface area contributed by atoms with Crippen LogP contribution in [0.3, 0.4) is 0 Å². The molecule has 86 heavy (non-hydrogen) atoms. The molecule has 6 heterocycles. The minimum Gasteiger partial charge on any atom is -0.870 e. The van der Waals surface area contributed by atoms with Gasteiger partial charge in [0.25, 0.3) is 0 Å². The molecule has 12 aromatic rings. The molecule has 0 spiro atoms. The third-order valence-corrected chi connectivity index (χ3v) is 16.9. The number of likely N-dealkylation sites (N-methyl/N-ethyl adjacent to an activating group) is 3. The Morgan fingerprint density at radius 3 is 0.953 bits per heavy atom. The maximum atomic E-state index is 5.68. The van der Waals surface area contributed by atoms with Crippen molar-refractivity contribution in [2.75, 3.05) is 52.2 Å². The molecule has 3 atom stereocenters. The zero-order valence-corrected chi connectivity index (χ0v) is 51.4. The Morgan fingerprint density at radius 1 is 0.337 bits per heavy atom. The van der Waals surface area contributed by atoms with Crippen LogP contribution in [0.25, 0.3) is 66.1 Å². The van der Waals surface area contributed by atoms with E-state index < -0.39 is 0 Å². The molecule has 0 saturated heterocycles. The van der Waals surface area contributed by atoms with Gasteiger partial charge in [0.05, 0.1) is 22.8 Å². The Labute approximate surface area is 525 Å². The Balaban J connectivity index is 0.000000132. The van der Waals surface area contributed by atoms with E-state index in [1.165, 1.54) is 82.4 Å². The summed E-state index contributed by atoms with van der Waals surface area (Å²) in [6, 6.07) is 77.9. The van der Waals surface area contributed by atoms with Gasteiger partial charge in [0, 0.05) is 73.7 Å². The normalized spacial score (nSPS) is 16.4. The van der Waals surface area contributed by atoms with Crippen molar-refractivity contribution in [3.05, 3.63) is 274 Å². The van der Waals surface area contributed by atoms with Crippen molar-refractivity contribution in [2.45, 2.75) is 44.3 Å². The fourth-order valence-electron chi connectivity index (χ4n) is 12.7. The van der Waals surface area contributed by atoms with E-state index >= 15 is 0 Å². The van der Waals surface area contributed by atoms with Crippen LogP contribution in [0.2, 0.25) is 0 Å². The molecule has 3 aliphatic rings. The van der Waals surface area contributed by atoms with Crippen LogP contribution in [0, 0.1) is 6.92 Å². The summed E-state index contributed by atoms with van der Waals surface area (Å²) in [5.74, 6) is 2.00. The largest absolute Gasteiger partial charge is 1.00 e. The number of hydrogen-bond acceptors (Lipinski definition) is 12. The molecular weight excluding hydrogens is 1070 g/mol. The van der Waals surface area contributed by atoms with Crippen molar-refractivity contribution in [1.29, 1.82) is 0 Å². The molecule has 15 rings (SSSR count). The van der Waals surface area contributed by atoms with Crippen LogP contribution in [0.1, 0.15) is 73.5 Å². The minimum atomic E-state index is 0. The van der Waals surface area contributed by atoms with E-state index in [1.54, 1.807) is 12.1 Å². The van der Waals surface area contributed by atoms with Gasteiger partial charge in [-0.25, -0.2) is 0 Å². The number of rotatable bonds is 6. The van der Waals surface area contributed by atoms with Gasteiger partial charge in [-0.15, -0.1) is 20.4 Å². The van der Waals surface area contributed by atoms with Crippen LogP contribution in [-0.2, 0) is 19.6 Å². The van der Waals surface area contributed by atoms with E-state index in [1.807, 2.05) is 25.1 Å². The van der Waals surface area contributed by atoms with Crippen molar-refractivity contribution >= 4 is 44.0 Å². The van der Waals surface area contributed by atoms with Crippen LogP contribution in [0.5, 0.6) is 0 Å². The first-order valence-corrected chi connectivity index (χ1v) is 28.9. The summed E-state index contributed by atoms with van der Waals surface area (Å²) >= 11 is 0. The topological polar surface area (TPSA) is 169 Å². The second kappa shape index (κ2) is 26.0. The molecule has 12 nitrogen and oxygen atoms in total. The molecule has 0 radical (unpaired) electrons. The summed E-state index contributed by atoms with van der Waals surface area (Å²) in [7, 11) is 6.58. The zero-order chi connectivity index (χ0) is 57.3. The molecule has 422 valence electrons. The van der Waals surface area contributed by atoms with Gasteiger partial charge >= 0.3 is 29.6 Å². The molecule has 0 aliphatic carbocycles. The SMILES string of the molecule is CN1Cc2cc(-c3ccc(N)nn3)ccc2[C@H](c2ccc3ccccc3c2)C1.CN1Cc2cc(-c3ccc(N)nn3)ccc2[C@H](c2ccc3ccccc3c2)C1.Cc1ccc(-c2ccc3c(c2)CN(C)C[C@H]3c2ccc3ccccc3c2)nn1.[Na+].[OH-]. The van der Waals surface area contributed by atoms with Crippen molar-refractivity contribution in [3.63, 3.8) is 0 Å². The molecule has 3 aromatic heterocycles. The first kappa shape index (κ1) is 59.2. The number of nitrogens with two attached hydrogens (primary N) is 2. The van der Waals surface area contributed by atoms with Gasteiger partial charge in [-0.05, 0) is 165 Å². The van der Waals surface area contributed by atoms with Gasteiger partial charge in [0.1, 0.15) is 11.6 Å². The van der Waals surface area contributed by atoms with E-state index in [9.17, 15) is 0 Å². The van der Waals surface area contributed by atoms with Crippen LogP contribution < -0.4 is 41.0 Å². The Morgan fingerprint density at radius 2 is 0.651 bits per heavy atom. The fraction of sp³-hybridized carbons (Fsp3) is 0.178. The van der Waals surface area contributed by atoms with Crippen LogP contribution in [0.15, 0.2) is 218 Å². The van der Waals surface area contributed by atoms with E-state index in [-0.39, 0.29) is 35.0 Å². The third-order valence-electron chi connectivity index (χ3n) is 16.9.